The van der Waals surface area contributed by atoms with E-state index < -0.39 is 17.8 Å². The summed E-state index contributed by atoms with van der Waals surface area (Å²) in [6.07, 6.45) is -1.60. The summed E-state index contributed by atoms with van der Waals surface area (Å²) in [7, 11) is 0. The normalized spacial score (nSPS) is 10.7. The number of nitrogens with zero attached hydrogens (tertiary/aromatic N) is 1. The third-order valence-electron chi connectivity index (χ3n) is 3.90. The summed E-state index contributed by atoms with van der Waals surface area (Å²) in [5, 5.41) is 13.9. The van der Waals surface area contributed by atoms with Gasteiger partial charge in [-0.1, -0.05) is 50.9 Å². The smallest absolute Gasteiger partial charge is 0.433 e. The Kier molecular flexibility index (Phi) is 10.6. The van der Waals surface area contributed by atoms with Gasteiger partial charge in [0.25, 0.3) is 5.91 Å². The molecule has 3 amide bonds. The highest BCUT2D eigenvalue weighted by atomic mass is 35.5. The number of benzene rings is 2. The van der Waals surface area contributed by atoms with E-state index in [1.165, 1.54) is 12.1 Å². The molecule has 0 saturated carbocycles. The van der Waals surface area contributed by atoms with Gasteiger partial charge < -0.3 is 26.2 Å². The molecule has 0 saturated heterocycles. The highest BCUT2D eigenvalue weighted by Crippen LogP contribution is 2.39. The number of aliphatic imine (C=N–C) groups is 1. The van der Waals surface area contributed by atoms with Crippen LogP contribution < -0.4 is 21.1 Å². The number of hydrogen-bond acceptors (Lipinski definition) is 4. The van der Waals surface area contributed by atoms with E-state index in [1.807, 2.05) is 20.8 Å². The number of rotatable bonds is 5. The van der Waals surface area contributed by atoms with Crippen molar-refractivity contribution >= 4 is 58.3 Å². The number of hydrogen-bond donors (Lipinski definition) is 4. The first-order chi connectivity index (χ1) is 15.5. The molecule has 5 N–H and O–H groups in total. The Balaban J connectivity index is 0.00000265. The van der Waals surface area contributed by atoms with Crippen LogP contribution >= 0.6 is 23.2 Å². The molecule has 2 aromatic carbocycles. The Morgan fingerprint density at radius 1 is 1.06 bits per heavy atom. The maximum Gasteiger partial charge on any atom is 0.433 e. The molecule has 0 radical (unpaired) electrons. The Morgan fingerprint density at radius 3 is 2.12 bits per heavy atom. The molecule has 9 nitrogen and oxygen atoms in total. The number of carbonyl (C=O) groups excluding carboxylic acids is 2. The van der Waals surface area contributed by atoms with Crippen molar-refractivity contribution in [2.75, 3.05) is 10.6 Å². The molecule has 33 heavy (non-hydrogen) atoms. The van der Waals surface area contributed by atoms with Crippen molar-refractivity contribution in [1.82, 2.24) is 0 Å². The van der Waals surface area contributed by atoms with Gasteiger partial charge in [-0.15, -0.1) is 0 Å². The minimum atomic E-state index is -1.60. The molecule has 0 aliphatic carbocycles. The lowest BCUT2D eigenvalue weighted by Gasteiger charge is -2.14. The fraction of sp³-hybridized carbons (Fsp3) is 0.273. The molecule has 178 valence electrons. The molecule has 0 bridgehead atoms. The van der Waals surface area contributed by atoms with Crippen molar-refractivity contribution in [2.24, 2.45) is 16.6 Å². The van der Waals surface area contributed by atoms with Gasteiger partial charge >= 0.3 is 6.09 Å². The van der Waals surface area contributed by atoms with Gasteiger partial charge in [-0.25, -0.2) is 4.79 Å². The Labute approximate surface area is 201 Å². The van der Waals surface area contributed by atoms with Gasteiger partial charge in [-0.05, 0) is 42.8 Å². The first-order valence-electron chi connectivity index (χ1n) is 9.94. The molecule has 0 spiro atoms. The highest BCUT2D eigenvalue weighted by molar-refractivity contribution is 6.43. The second-order valence-corrected chi connectivity index (χ2v) is 7.54. The van der Waals surface area contributed by atoms with E-state index in [1.54, 1.807) is 32.0 Å². The van der Waals surface area contributed by atoms with Crippen LogP contribution in [0.4, 0.5) is 16.2 Å². The highest BCUT2D eigenvalue weighted by Gasteiger charge is 2.16. The number of nitrogens with one attached hydrogen (secondary N) is 2. The standard InChI is InChI=1S/C20H20Cl2N4O5.C2H6/c1-9(2)18(27)25-15-5-4-12(6-10(15)3)31-16-13(21)7-11(8-14(16)22)24-19(28)17(23)26-20(29)30;1-2/h4-9H,1-3H3,(H2,23,26)(H,24,28)(H,25,27)(H,29,30);1-2H3. The summed E-state index contributed by atoms with van der Waals surface area (Å²) in [4.78, 5) is 37.1. The van der Waals surface area contributed by atoms with Gasteiger partial charge in [0.1, 0.15) is 5.75 Å². The second-order valence-electron chi connectivity index (χ2n) is 6.73. The zero-order valence-corrected chi connectivity index (χ0v) is 20.3. The molecule has 0 fully saturated rings. The van der Waals surface area contributed by atoms with Crippen LogP contribution in [0.5, 0.6) is 11.5 Å². The van der Waals surface area contributed by atoms with Crippen molar-refractivity contribution in [2.45, 2.75) is 34.6 Å². The molecular weight excluding hydrogens is 471 g/mol. The lowest BCUT2D eigenvalue weighted by atomic mass is 10.1. The van der Waals surface area contributed by atoms with E-state index in [4.69, 9.17) is 38.8 Å². The van der Waals surface area contributed by atoms with Gasteiger partial charge in [0.2, 0.25) is 5.91 Å². The fourth-order valence-electron chi connectivity index (χ4n) is 2.31. The summed E-state index contributed by atoms with van der Waals surface area (Å²) in [6, 6.07) is 7.78. The third kappa shape index (κ3) is 8.28. The largest absolute Gasteiger partial charge is 0.463 e. The molecule has 0 aliphatic rings. The third-order valence-corrected chi connectivity index (χ3v) is 4.47. The van der Waals surface area contributed by atoms with Crippen molar-refractivity contribution in [3.63, 3.8) is 0 Å². The van der Waals surface area contributed by atoms with Crippen molar-refractivity contribution < 1.29 is 24.2 Å². The van der Waals surface area contributed by atoms with Gasteiger partial charge in [0.15, 0.2) is 11.6 Å². The zero-order valence-electron chi connectivity index (χ0n) is 18.8. The number of halogens is 2. The summed E-state index contributed by atoms with van der Waals surface area (Å²) in [5.74, 6) is -1.35. The molecule has 0 aliphatic heterocycles. The van der Waals surface area contributed by atoms with Crippen molar-refractivity contribution in [3.05, 3.63) is 45.9 Å². The van der Waals surface area contributed by atoms with Gasteiger partial charge in [0.05, 0.1) is 10.0 Å². The maximum absolute atomic E-state index is 11.9. The van der Waals surface area contributed by atoms with Crippen LogP contribution in [0.1, 0.15) is 33.3 Å². The molecule has 0 unspecified atom stereocenters. The Hall–Kier alpha value is -3.30. The maximum atomic E-state index is 11.9. The molecule has 2 aromatic rings. The lowest BCUT2D eigenvalue weighted by molar-refractivity contribution is -0.119. The van der Waals surface area contributed by atoms with E-state index >= 15 is 0 Å². The van der Waals surface area contributed by atoms with Crippen molar-refractivity contribution in [3.8, 4) is 11.5 Å². The average Bonchev–Trinajstić information content (AvgIpc) is 2.73. The summed E-state index contributed by atoms with van der Waals surface area (Å²) in [6.45, 7) is 9.41. The van der Waals surface area contributed by atoms with Gasteiger partial charge in [-0.2, -0.15) is 4.99 Å². The quantitative estimate of drug-likeness (QED) is 0.309. The van der Waals surface area contributed by atoms with Crippen LogP contribution in [0.3, 0.4) is 0 Å². The van der Waals surface area contributed by atoms with Crippen LogP contribution in [-0.4, -0.2) is 28.8 Å². The topological polar surface area (TPSA) is 143 Å². The van der Waals surface area contributed by atoms with Crippen LogP contribution in [0.15, 0.2) is 35.3 Å². The first-order valence-corrected chi connectivity index (χ1v) is 10.7. The number of aryl methyl sites for hydroxylation is 1. The van der Waals surface area contributed by atoms with Gasteiger partial charge in [-0.3, -0.25) is 9.59 Å². The number of anilines is 2. The van der Waals surface area contributed by atoms with Gasteiger partial charge in [0, 0.05) is 17.3 Å². The molecule has 2 rings (SSSR count). The SMILES string of the molecule is CC.Cc1cc(Oc2c(Cl)cc(NC(=O)/C(N)=N/C(=O)O)cc2Cl)ccc1NC(=O)C(C)C. The monoisotopic (exact) mass is 496 g/mol. The molecule has 0 heterocycles. The molecular formula is C22H26Cl2N4O5. The van der Waals surface area contributed by atoms with Crippen LogP contribution in [0, 0.1) is 12.8 Å². The first kappa shape index (κ1) is 27.7. The Bertz CT molecular complexity index is 1050. The second kappa shape index (κ2) is 12.7. The van der Waals surface area contributed by atoms with E-state index in [0.29, 0.717) is 11.4 Å². The van der Waals surface area contributed by atoms with Crippen LogP contribution in [-0.2, 0) is 9.59 Å². The van der Waals surface area contributed by atoms with E-state index in [-0.39, 0.29) is 33.3 Å². The number of amides is 3. The summed E-state index contributed by atoms with van der Waals surface area (Å²) >= 11 is 12.5. The number of nitrogens with two attached hydrogens (primary N) is 1. The molecule has 0 aromatic heterocycles. The lowest BCUT2D eigenvalue weighted by Crippen LogP contribution is -2.31. The number of carbonyl (C=O) groups is 3. The predicted molar refractivity (Wildman–Crippen MR) is 131 cm³/mol. The van der Waals surface area contributed by atoms with Crippen molar-refractivity contribution in [1.29, 1.82) is 0 Å². The van der Waals surface area contributed by atoms with Crippen LogP contribution in [0.2, 0.25) is 10.0 Å². The average molecular weight is 497 g/mol. The molecule has 11 heteroatoms. The van der Waals surface area contributed by atoms with E-state index in [9.17, 15) is 14.4 Å². The number of amidine groups is 1. The zero-order chi connectivity index (χ0) is 25.3. The fourth-order valence-corrected chi connectivity index (χ4v) is 2.88. The molecule has 0 atom stereocenters. The van der Waals surface area contributed by atoms with E-state index in [0.717, 1.165) is 5.56 Å². The number of carboxylic acid groups (broad SMARTS) is 1. The summed E-state index contributed by atoms with van der Waals surface area (Å²) in [5.41, 5.74) is 6.88. The Morgan fingerprint density at radius 2 is 1.64 bits per heavy atom. The minimum absolute atomic E-state index is 0.0892. The number of ether oxygens (including phenoxy) is 1. The minimum Gasteiger partial charge on any atom is -0.463 e. The van der Waals surface area contributed by atoms with Crippen LogP contribution in [0.25, 0.3) is 0 Å². The summed E-state index contributed by atoms with van der Waals surface area (Å²) < 4.78 is 5.77. The predicted octanol–water partition coefficient (Wildman–Crippen LogP) is 5.69. The van der Waals surface area contributed by atoms with E-state index in [2.05, 4.69) is 15.6 Å².